The number of nitrogens with zero attached hydrogens (tertiary/aromatic N) is 1. The third-order valence-corrected chi connectivity index (χ3v) is 2.53. The Balaban J connectivity index is 2.23. The molecule has 2 rings (SSSR count). The lowest BCUT2D eigenvalue weighted by Crippen LogP contribution is -1.92. The number of thioether (sulfide) groups is 1. The van der Waals surface area contributed by atoms with E-state index in [0.29, 0.717) is 6.04 Å². The first kappa shape index (κ1) is 6.92. The van der Waals surface area contributed by atoms with E-state index in [1.54, 1.807) is 11.8 Å². The molecule has 1 aromatic carbocycles. The first-order valence-electron chi connectivity index (χ1n) is 3.65. The van der Waals surface area contributed by atoms with Crippen molar-refractivity contribution in [2.45, 2.75) is 6.04 Å². The molecule has 1 nitrogen and oxygen atoms in total. The van der Waals surface area contributed by atoms with Gasteiger partial charge < -0.3 is 0 Å². The summed E-state index contributed by atoms with van der Waals surface area (Å²) >= 11 is 1.79. The highest BCUT2D eigenvalue weighted by molar-refractivity contribution is 8.12. The van der Waals surface area contributed by atoms with Gasteiger partial charge in [0, 0.05) is 5.75 Å². The van der Waals surface area contributed by atoms with Crippen LogP contribution in [0.1, 0.15) is 11.6 Å². The van der Waals surface area contributed by atoms with Crippen molar-refractivity contribution < 1.29 is 0 Å². The Morgan fingerprint density at radius 2 is 2.09 bits per heavy atom. The van der Waals surface area contributed by atoms with E-state index in [1.165, 1.54) is 5.56 Å². The molecule has 0 N–H and O–H groups in total. The topological polar surface area (TPSA) is 12.4 Å². The summed E-state index contributed by atoms with van der Waals surface area (Å²) in [5.74, 6) is 1.10. The van der Waals surface area contributed by atoms with Crippen LogP contribution in [0.3, 0.4) is 0 Å². The number of hydrogen-bond acceptors (Lipinski definition) is 2. The molecule has 0 fully saturated rings. The van der Waals surface area contributed by atoms with E-state index in [0.717, 1.165) is 5.75 Å². The Hall–Kier alpha value is -0.760. The van der Waals surface area contributed by atoms with Crippen LogP contribution in [0.4, 0.5) is 0 Å². The zero-order chi connectivity index (χ0) is 7.52. The van der Waals surface area contributed by atoms with E-state index >= 15 is 0 Å². The van der Waals surface area contributed by atoms with Gasteiger partial charge in [-0.2, -0.15) is 0 Å². The fourth-order valence-corrected chi connectivity index (χ4v) is 1.93. The molecule has 11 heavy (non-hydrogen) atoms. The number of rotatable bonds is 1. The maximum atomic E-state index is 4.34. The fraction of sp³-hybridized carbons (Fsp3) is 0.222. The minimum absolute atomic E-state index is 0.404. The molecule has 1 aromatic rings. The predicted molar refractivity (Wildman–Crippen MR) is 50.1 cm³/mol. The average Bonchev–Trinajstić information content (AvgIpc) is 2.58. The highest BCUT2D eigenvalue weighted by Crippen LogP contribution is 2.25. The Morgan fingerprint density at radius 1 is 1.27 bits per heavy atom. The Morgan fingerprint density at radius 3 is 2.73 bits per heavy atom. The largest absolute Gasteiger partial charge is 0.277 e. The lowest BCUT2D eigenvalue weighted by atomic mass is 10.1. The van der Waals surface area contributed by atoms with Gasteiger partial charge in [0.25, 0.3) is 0 Å². The van der Waals surface area contributed by atoms with Crippen molar-refractivity contribution >= 4 is 17.3 Å². The van der Waals surface area contributed by atoms with Gasteiger partial charge >= 0.3 is 0 Å². The Labute approximate surface area is 70.5 Å². The van der Waals surface area contributed by atoms with E-state index in [4.69, 9.17) is 0 Å². The molecule has 0 amide bonds. The smallest absolute Gasteiger partial charge is 0.0849 e. The number of aliphatic imine (C=N–C) groups is 1. The maximum Gasteiger partial charge on any atom is 0.0849 e. The molecule has 0 radical (unpaired) electrons. The van der Waals surface area contributed by atoms with Crippen LogP contribution in [0.5, 0.6) is 0 Å². The molecule has 1 aliphatic rings. The summed E-state index contributed by atoms with van der Waals surface area (Å²) in [6.07, 6.45) is 0. The van der Waals surface area contributed by atoms with E-state index in [9.17, 15) is 0 Å². The molecule has 0 aliphatic carbocycles. The zero-order valence-electron chi connectivity index (χ0n) is 6.10. The van der Waals surface area contributed by atoms with Crippen LogP contribution in [0.2, 0.25) is 0 Å². The van der Waals surface area contributed by atoms with Crippen molar-refractivity contribution in [3.05, 3.63) is 35.9 Å². The molecule has 0 spiro atoms. The lowest BCUT2D eigenvalue weighted by molar-refractivity contribution is 0.852. The zero-order valence-corrected chi connectivity index (χ0v) is 6.92. The van der Waals surface area contributed by atoms with E-state index in [2.05, 4.69) is 29.3 Å². The molecule has 56 valence electrons. The number of benzene rings is 1. The maximum absolute atomic E-state index is 4.34. The lowest BCUT2D eigenvalue weighted by Gasteiger charge is -2.04. The van der Waals surface area contributed by atoms with Crippen LogP contribution in [0, 0.1) is 0 Å². The molecule has 1 heterocycles. The van der Waals surface area contributed by atoms with Crippen LogP contribution in [-0.2, 0) is 0 Å². The molecule has 2 heteroatoms. The summed E-state index contributed by atoms with van der Waals surface area (Å²) in [6, 6.07) is 10.8. The van der Waals surface area contributed by atoms with Crippen LogP contribution >= 0.6 is 11.8 Å². The van der Waals surface area contributed by atoms with E-state index in [1.807, 2.05) is 11.6 Å². The summed E-state index contributed by atoms with van der Waals surface area (Å²) in [4.78, 5) is 4.34. The first-order valence-corrected chi connectivity index (χ1v) is 4.70. The average molecular weight is 163 g/mol. The molecule has 0 unspecified atom stereocenters. The normalized spacial score (nSPS) is 22.4. The first-order chi connectivity index (χ1) is 5.47. The quantitative estimate of drug-likeness (QED) is 0.619. The van der Waals surface area contributed by atoms with Crippen molar-refractivity contribution in [3.8, 4) is 0 Å². The van der Waals surface area contributed by atoms with Crippen molar-refractivity contribution in [3.63, 3.8) is 0 Å². The fourth-order valence-electron chi connectivity index (χ4n) is 1.15. The minimum Gasteiger partial charge on any atom is -0.277 e. The van der Waals surface area contributed by atoms with Crippen LogP contribution in [-0.4, -0.2) is 11.3 Å². The van der Waals surface area contributed by atoms with Crippen LogP contribution in [0.25, 0.3) is 0 Å². The van der Waals surface area contributed by atoms with Gasteiger partial charge in [-0.1, -0.05) is 30.3 Å². The van der Waals surface area contributed by atoms with Gasteiger partial charge in [-0.15, -0.1) is 11.8 Å². The van der Waals surface area contributed by atoms with Crippen LogP contribution < -0.4 is 0 Å². The second-order valence-electron chi connectivity index (χ2n) is 2.51. The highest BCUT2D eigenvalue weighted by atomic mass is 32.2. The van der Waals surface area contributed by atoms with Crippen molar-refractivity contribution in [2.24, 2.45) is 4.99 Å². The summed E-state index contributed by atoms with van der Waals surface area (Å²) < 4.78 is 0. The SMILES string of the molecule is C1=N[C@@H](c2ccccc2)CS1. The molecule has 1 atom stereocenters. The van der Waals surface area contributed by atoms with Gasteiger partial charge in [-0.3, -0.25) is 4.99 Å². The standard InChI is InChI=1S/C9H9NS/c1-2-4-8(5-3-1)9-6-11-7-10-9/h1-5,7,9H,6H2/t9-/m1/s1. The second-order valence-corrected chi connectivity index (χ2v) is 3.39. The van der Waals surface area contributed by atoms with Gasteiger partial charge in [-0.25, -0.2) is 0 Å². The monoisotopic (exact) mass is 163 g/mol. The summed E-state index contributed by atoms with van der Waals surface area (Å²) in [5, 5.41) is 0. The molecular weight excluding hydrogens is 154 g/mol. The summed E-state index contributed by atoms with van der Waals surface area (Å²) in [6.45, 7) is 0. The molecule has 0 saturated carbocycles. The molecule has 0 aromatic heterocycles. The molecule has 1 aliphatic heterocycles. The Kier molecular flexibility index (Phi) is 1.95. The molecule has 0 saturated heterocycles. The van der Waals surface area contributed by atoms with Crippen molar-refractivity contribution in [1.82, 2.24) is 0 Å². The highest BCUT2D eigenvalue weighted by Gasteiger charge is 2.11. The predicted octanol–water partition coefficient (Wildman–Crippen LogP) is 2.50. The second kappa shape index (κ2) is 3.09. The third kappa shape index (κ3) is 1.46. The minimum atomic E-state index is 0.404. The van der Waals surface area contributed by atoms with Crippen molar-refractivity contribution in [1.29, 1.82) is 0 Å². The van der Waals surface area contributed by atoms with Gasteiger partial charge in [0.1, 0.15) is 0 Å². The molecular formula is C9H9NS. The van der Waals surface area contributed by atoms with Gasteiger partial charge in [0.05, 0.1) is 11.6 Å². The Bertz CT molecular complexity index is 256. The van der Waals surface area contributed by atoms with Crippen molar-refractivity contribution in [2.75, 3.05) is 5.75 Å². The van der Waals surface area contributed by atoms with Gasteiger partial charge in [0.2, 0.25) is 0 Å². The van der Waals surface area contributed by atoms with Gasteiger partial charge in [0.15, 0.2) is 0 Å². The van der Waals surface area contributed by atoms with Crippen LogP contribution in [0.15, 0.2) is 35.3 Å². The third-order valence-electron chi connectivity index (χ3n) is 1.75. The van der Waals surface area contributed by atoms with Gasteiger partial charge in [-0.05, 0) is 5.56 Å². The molecule has 0 bridgehead atoms. The summed E-state index contributed by atoms with van der Waals surface area (Å²) in [7, 11) is 0. The van der Waals surface area contributed by atoms with E-state index < -0.39 is 0 Å². The number of hydrogen-bond donors (Lipinski definition) is 0. The van der Waals surface area contributed by atoms with E-state index in [-0.39, 0.29) is 0 Å². The summed E-state index contributed by atoms with van der Waals surface area (Å²) in [5.41, 5.74) is 3.27.